The fraction of sp³-hybridized carbons (Fsp3) is 0.667. The summed E-state index contributed by atoms with van der Waals surface area (Å²) in [5.74, 6) is -5.24. The lowest BCUT2D eigenvalue weighted by atomic mass is 9.74. The molecule has 17 heteroatoms. The first-order valence-electron chi connectivity index (χ1n) is 22.7. The number of fused-ring (bicyclic) bond motifs is 6. The molecule has 4 heterocycles. The molecule has 0 saturated carbocycles. The van der Waals surface area contributed by atoms with Gasteiger partial charge in [-0.3, -0.25) is 9.59 Å². The van der Waals surface area contributed by atoms with E-state index < -0.39 is 103 Å². The van der Waals surface area contributed by atoms with Crippen LogP contribution in [0.5, 0.6) is 0 Å². The summed E-state index contributed by atoms with van der Waals surface area (Å²) in [6, 6.07) is 2.79. The smallest absolute Gasteiger partial charge is 0.341 e. The van der Waals surface area contributed by atoms with Crippen LogP contribution in [0.2, 0.25) is 15.1 Å². The third kappa shape index (κ3) is 14.7. The monoisotopic (exact) mass is 970 g/mol. The second kappa shape index (κ2) is 23.8. The van der Waals surface area contributed by atoms with Gasteiger partial charge in [0.2, 0.25) is 5.79 Å². The summed E-state index contributed by atoms with van der Waals surface area (Å²) in [5.41, 5.74) is -0.290. The lowest BCUT2D eigenvalue weighted by molar-refractivity contribution is -0.327. The minimum absolute atomic E-state index is 0.0262. The molecule has 3 fully saturated rings. The van der Waals surface area contributed by atoms with E-state index in [0.717, 1.165) is 31.3 Å². The van der Waals surface area contributed by atoms with Crippen molar-refractivity contribution in [3.63, 3.8) is 0 Å². The van der Waals surface area contributed by atoms with Gasteiger partial charge < -0.3 is 48.5 Å². The van der Waals surface area contributed by atoms with Gasteiger partial charge in [-0.15, -0.1) is 0 Å². The number of halogens is 3. The standard InChI is InChI=1S/C48H65Cl3O14/c1-7-8-9-10-11-12-41(54)64-45-29(18-42(55)59-6)17-37-26-40(28(3)52)63-43(56)22-31(53)21-34-24-36(62-46(57)44-38(50)19-30(49)20-39(44)51)25-35(61-34)23-33-16-27(2)15-32(60-33)13-14-47(4,5)48(45,58)65-37/h13-14,18-20,28,31-37,40,45,52-53,58H,2,7-12,15-17,21-26H2,1,3-6H3/b14-13+,29-18+/t28-,31-,32+,33+,34-,35+,36?,37+,40-,45+,48-/m1/s1. The quantitative estimate of drug-likeness (QED) is 0.0628. The van der Waals surface area contributed by atoms with Crippen molar-refractivity contribution >= 4 is 58.7 Å². The zero-order valence-electron chi connectivity index (χ0n) is 37.9. The molecule has 1 aromatic carbocycles. The van der Waals surface area contributed by atoms with Crippen molar-refractivity contribution < 1.29 is 67.7 Å². The number of hydrogen-bond acceptors (Lipinski definition) is 14. The first-order valence-corrected chi connectivity index (χ1v) is 23.8. The number of methoxy groups -OCH3 is 1. The second-order valence-electron chi connectivity index (χ2n) is 18.4. The minimum Gasteiger partial charge on any atom is -0.466 e. The van der Waals surface area contributed by atoms with Gasteiger partial charge in [0.15, 0.2) is 6.10 Å². The molecule has 0 aliphatic carbocycles. The van der Waals surface area contributed by atoms with E-state index in [-0.39, 0.29) is 64.7 Å². The van der Waals surface area contributed by atoms with Crippen LogP contribution in [0.15, 0.2) is 48.1 Å². The zero-order valence-corrected chi connectivity index (χ0v) is 40.2. The van der Waals surface area contributed by atoms with Crippen molar-refractivity contribution in [2.75, 3.05) is 7.11 Å². The van der Waals surface area contributed by atoms with Crippen LogP contribution in [-0.4, -0.2) is 113 Å². The molecule has 11 atom stereocenters. The summed E-state index contributed by atoms with van der Waals surface area (Å²) in [4.78, 5) is 53.3. The number of ether oxygens (including phenoxy) is 7. The summed E-state index contributed by atoms with van der Waals surface area (Å²) in [6.45, 7) is 11.2. The van der Waals surface area contributed by atoms with Crippen LogP contribution in [0.3, 0.4) is 0 Å². The summed E-state index contributed by atoms with van der Waals surface area (Å²) in [6.07, 6.45) is 1.23. The Kier molecular flexibility index (Phi) is 19.4. The highest BCUT2D eigenvalue weighted by molar-refractivity contribution is 6.41. The number of rotatable bonds is 11. The Hall–Kier alpha value is -3.05. The molecule has 6 bridgehead atoms. The van der Waals surface area contributed by atoms with Crippen LogP contribution in [0, 0.1) is 5.41 Å². The zero-order chi connectivity index (χ0) is 47.6. The fourth-order valence-corrected chi connectivity index (χ4v) is 9.99. The van der Waals surface area contributed by atoms with Gasteiger partial charge in [-0.2, -0.15) is 0 Å². The van der Waals surface area contributed by atoms with Crippen LogP contribution >= 0.6 is 34.8 Å². The Bertz CT molecular complexity index is 1890. The third-order valence-electron chi connectivity index (χ3n) is 12.5. The highest BCUT2D eigenvalue weighted by atomic mass is 35.5. The molecule has 65 heavy (non-hydrogen) atoms. The van der Waals surface area contributed by atoms with Gasteiger partial charge in [0.1, 0.15) is 12.2 Å². The number of hydrogen-bond donors (Lipinski definition) is 3. The lowest BCUT2D eigenvalue weighted by Gasteiger charge is -2.51. The van der Waals surface area contributed by atoms with E-state index in [1.165, 1.54) is 32.2 Å². The van der Waals surface area contributed by atoms with Gasteiger partial charge in [-0.25, -0.2) is 9.59 Å². The van der Waals surface area contributed by atoms with Crippen molar-refractivity contribution in [2.24, 2.45) is 5.41 Å². The Morgan fingerprint density at radius 1 is 0.908 bits per heavy atom. The number of aliphatic hydroxyl groups excluding tert-OH is 2. The molecular weight excluding hydrogens is 907 g/mol. The maximum absolute atomic E-state index is 13.5. The predicted molar refractivity (Wildman–Crippen MR) is 242 cm³/mol. The Morgan fingerprint density at radius 2 is 1.58 bits per heavy atom. The molecule has 362 valence electrons. The van der Waals surface area contributed by atoms with E-state index >= 15 is 0 Å². The van der Waals surface area contributed by atoms with Gasteiger partial charge in [-0.1, -0.05) is 106 Å². The molecule has 4 aliphatic heterocycles. The van der Waals surface area contributed by atoms with E-state index in [1.54, 1.807) is 26.0 Å². The first kappa shape index (κ1) is 52.9. The van der Waals surface area contributed by atoms with Gasteiger partial charge >= 0.3 is 23.9 Å². The van der Waals surface area contributed by atoms with Crippen molar-refractivity contribution in [1.82, 2.24) is 0 Å². The summed E-state index contributed by atoms with van der Waals surface area (Å²) >= 11 is 18.8. The Balaban J connectivity index is 1.49. The van der Waals surface area contributed by atoms with Gasteiger partial charge in [0, 0.05) is 55.0 Å². The molecule has 1 aromatic rings. The second-order valence-corrected chi connectivity index (χ2v) is 19.7. The Morgan fingerprint density at radius 3 is 2.25 bits per heavy atom. The van der Waals surface area contributed by atoms with Crippen molar-refractivity contribution in [3.8, 4) is 0 Å². The fourth-order valence-electron chi connectivity index (χ4n) is 9.02. The van der Waals surface area contributed by atoms with Crippen molar-refractivity contribution in [1.29, 1.82) is 0 Å². The largest absolute Gasteiger partial charge is 0.466 e. The number of aliphatic hydroxyl groups is 3. The molecule has 14 nitrogen and oxygen atoms in total. The minimum atomic E-state index is -2.32. The maximum Gasteiger partial charge on any atom is 0.341 e. The average Bonchev–Trinajstić information content (AvgIpc) is 3.19. The number of unbranched alkanes of at least 4 members (excludes halogenated alkanes) is 4. The molecule has 0 aromatic heterocycles. The highest BCUT2D eigenvalue weighted by Crippen LogP contribution is 2.47. The van der Waals surface area contributed by atoms with Crippen LogP contribution in [-0.2, 0) is 47.5 Å². The van der Waals surface area contributed by atoms with Gasteiger partial charge in [0.05, 0.1) is 71.9 Å². The summed E-state index contributed by atoms with van der Waals surface area (Å²) < 4.78 is 42.4. The SMILES string of the molecule is C=C1C[C@H]2C[C@H]3CC(OC(=O)c4c(Cl)cc(Cl)cc4Cl)C[C@@H](C[C@@H](O)CC(=O)O[C@@H]([C@@H](C)O)C[C@@H]4C/C(=C\C(=O)OC)[C@H](OC(=O)CCCCCCC)[C@@](O)(O4)C(C)(C)/C=C/[C@@H](C1)O2)O3. The normalized spacial score (nSPS) is 32.7. The molecule has 3 saturated heterocycles. The molecule has 0 amide bonds. The molecule has 3 N–H and O–H groups in total. The van der Waals surface area contributed by atoms with E-state index in [2.05, 4.69) is 13.5 Å². The van der Waals surface area contributed by atoms with E-state index in [0.29, 0.717) is 25.7 Å². The van der Waals surface area contributed by atoms with Crippen molar-refractivity contribution in [3.05, 3.63) is 68.7 Å². The third-order valence-corrected chi connectivity index (χ3v) is 13.3. The molecule has 4 aliphatic rings. The van der Waals surface area contributed by atoms with Crippen LogP contribution < -0.4 is 0 Å². The van der Waals surface area contributed by atoms with E-state index in [1.807, 2.05) is 0 Å². The van der Waals surface area contributed by atoms with Crippen LogP contribution in [0.1, 0.15) is 134 Å². The van der Waals surface area contributed by atoms with Gasteiger partial charge in [-0.05, 0) is 50.3 Å². The number of carbonyl (C=O) groups excluding carboxylic acids is 4. The topological polar surface area (TPSA) is 194 Å². The molecule has 5 rings (SSSR count). The number of cyclic esters (lactones) is 1. The molecular formula is C48H65Cl3O14. The number of carbonyl (C=O) groups is 4. The number of esters is 4. The van der Waals surface area contributed by atoms with Crippen molar-refractivity contribution in [2.45, 2.75) is 191 Å². The first-order chi connectivity index (χ1) is 30.7. The Labute approximate surface area is 396 Å². The van der Waals surface area contributed by atoms with E-state index in [9.17, 15) is 34.5 Å². The average molecular weight is 972 g/mol. The molecule has 0 spiro atoms. The van der Waals surface area contributed by atoms with Crippen LogP contribution in [0.4, 0.5) is 0 Å². The van der Waals surface area contributed by atoms with Crippen LogP contribution in [0.25, 0.3) is 0 Å². The summed E-state index contributed by atoms with van der Waals surface area (Å²) in [7, 11) is 1.20. The maximum atomic E-state index is 13.5. The molecule has 0 radical (unpaired) electrons. The molecule has 1 unspecified atom stereocenters. The number of benzene rings is 1. The van der Waals surface area contributed by atoms with Gasteiger partial charge in [0.25, 0.3) is 0 Å². The lowest BCUT2D eigenvalue weighted by Crippen LogP contribution is -2.62. The summed E-state index contributed by atoms with van der Waals surface area (Å²) in [5, 5.41) is 35.4. The predicted octanol–water partition coefficient (Wildman–Crippen LogP) is 8.48. The van der Waals surface area contributed by atoms with E-state index in [4.69, 9.17) is 68.0 Å². The highest BCUT2D eigenvalue weighted by Gasteiger charge is 2.58.